The molecule has 0 unspecified atom stereocenters. The van der Waals surface area contributed by atoms with Gasteiger partial charge in [-0.2, -0.15) is 0 Å². The molecular weight excluding hydrogens is 332 g/mol. The van der Waals surface area contributed by atoms with E-state index in [1.165, 1.54) is 16.7 Å². The highest BCUT2D eigenvalue weighted by Gasteiger charge is 2.55. The Morgan fingerprint density at radius 1 is 0.778 bits per heavy atom. The Morgan fingerprint density at radius 3 is 1.44 bits per heavy atom. The van der Waals surface area contributed by atoms with Gasteiger partial charge in [0.05, 0.1) is 12.2 Å². The lowest BCUT2D eigenvalue weighted by Gasteiger charge is -2.55. The highest BCUT2D eigenvalue weighted by Crippen LogP contribution is 2.56. The Bertz CT molecular complexity index is 750. The molecule has 138 valence electrons. The van der Waals surface area contributed by atoms with E-state index in [-0.39, 0.29) is 12.0 Å². The first-order valence-electron chi connectivity index (χ1n) is 9.58. The first-order valence-corrected chi connectivity index (χ1v) is 9.58. The van der Waals surface area contributed by atoms with Crippen molar-refractivity contribution in [1.82, 2.24) is 0 Å². The molecule has 0 heterocycles. The van der Waals surface area contributed by atoms with E-state index < -0.39 is 5.60 Å². The Kier molecular flexibility index (Phi) is 4.86. The molecule has 1 fully saturated rings. The van der Waals surface area contributed by atoms with Crippen LogP contribution in [0.5, 0.6) is 0 Å². The molecule has 27 heavy (non-hydrogen) atoms. The minimum Gasteiger partial charge on any atom is -0.393 e. The number of methoxy groups -OCH3 is 1. The first-order chi connectivity index (χ1) is 13.2. The van der Waals surface area contributed by atoms with Crippen molar-refractivity contribution in [3.63, 3.8) is 0 Å². The minimum absolute atomic E-state index is 0.0639. The van der Waals surface area contributed by atoms with Crippen LogP contribution in [0.25, 0.3) is 0 Å². The van der Waals surface area contributed by atoms with Crippen LogP contribution in [0, 0.1) is 5.92 Å². The SMILES string of the molecule is COC1(CO)CC(C(c2ccccc2)(c2ccccc2)c2ccccc2)C1. The van der Waals surface area contributed by atoms with E-state index in [0.717, 1.165) is 12.8 Å². The quantitative estimate of drug-likeness (QED) is 0.641. The fourth-order valence-electron chi connectivity index (χ4n) is 4.82. The monoisotopic (exact) mass is 358 g/mol. The Labute approximate surface area is 161 Å². The molecule has 0 aliphatic heterocycles. The van der Waals surface area contributed by atoms with Crippen LogP contribution in [0.2, 0.25) is 0 Å². The number of aliphatic hydroxyl groups is 1. The molecule has 4 rings (SSSR count). The van der Waals surface area contributed by atoms with Gasteiger partial charge in [0.2, 0.25) is 0 Å². The van der Waals surface area contributed by atoms with Crippen LogP contribution in [0.4, 0.5) is 0 Å². The van der Waals surface area contributed by atoms with Gasteiger partial charge in [0, 0.05) is 12.5 Å². The van der Waals surface area contributed by atoms with Crippen molar-refractivity contribution in [3.05, 3.63) is 108 Å². The van der Waals surface area contributed by atoms with Crippen LogP contribution >= 0.6 is 0 Å². The third-order valence-corrected chi connectivity index (χ3v) is 6.26. The van der Waals surface area contributed by atoms with Crippen molar-refractivity contribution in [2.75, 3.05) is 13.7 Å². The molecule has 0 bridgehead atoms. The zero-order valence-corrected chi connectivity index (χ0v) is 15.7. The number of aliphatic hydroxyl groups excluding tert-OH is 1. The summed E-state index contributed by atoms with van der Waals surface area (Å²) >= 11 is 0. The van der Waals surface area contributed by atoms with Crippen molar-refractivity contribution in [2.24, 2.45) is 5.92 Å². The van der Waals surface area contributed by atoms with Gasteiger partial charge < -0.3 is 9.84 Å². The normalized spacial score (nSPS) is 22.2. The molecular formula is C25H26O2. The van der Waals surface area contributed by atoms with Gasteiger partial charge in [0.25, 0.3) is 0 Å². The molecule has 1 aliphatic carbocycles. The maximum Gasteiger partial charge on any atom is 0.0914 e. The third-order valence-electron chi connectivity index (χ3n) is 6.26. The second-order valence-corrected chi connectivity index (χ2v) is 7.56. The Balaban J connectivity index is 1.94. The largest absolute Gasteiger partial charge is 0.393 e. The van der Waals surface area contributed by atoms with E-state index in [4.69, 9.17) is 4.74 Å². The molecule has 0 radical (unpaired) electrons. The molecule has 2 nitrogen and oxygen atoms in total. The van der Waals surface area contributed by atoms with E-state index >= 15 is 0 Å². The summed E-state index contributed by atoms with van der Waals surface area (Å²) in [6.07, 6.45) is 1.66. The minimum atomic E-state index is -0.422. The smallest absolute Gasteiger partial charge is 0.0914 e. The molecule has 1 saturated carbocycles. The standard InChI is InChI=1S/C25H26O2/c1-27-24(19-26)17-23(18-24)25(20-11-5-2-6-12-20,21-13-7-3-8-14-21)22-15-9-4-10-16-22/h2-16,23,26H,17-19H2,1H3. The van der Waals surface area contributed by atoms with Gasteiger partial charge in [0.1, 0.15) is 0 Å². The molecule has 0 saturated heterocycles. The lowest BCUT2D eigenvalue weighted by Crippen LogP contribution is -2.56. The number of benzene rings is 3. The summed E-state index contributed by atoms with van der Waals surface area (Å²) in [5, 5.41) is 9.91. The summed E-state index contributed by atoms with van der Waals surface area (Å²) in [4.78, 5) is 0. The molecule has 1 aliphatic rings. The summed E-state index contributed by atoms with van der Waals surface area (Å²) in [6, 6.07) is 32.3. The van der Waals surface area contributed by atoms with Crippen LogP contribution in [-0.2, 0) is 10.2 Å². The van der Waals surface area contributed by atoms with E-state index in [9.17, 15) is 5.11 Å². The Hall–Kier alpha value is -2.42. The van der Waals surface area contributed by atoms with Gasteiger partial charge >= 0.3 is 0 Å². The van der Waals surface area contributed by atoms with E-state index in [1.54, 1.807) is 7.11 Å². The van der Waals surface area contributed by atoms with Gasteiger partial charge in [0.15, 0.2) is 0 Å². The van der Waals surface area contributed by atoms with Crippen molar-refractivity contribution in [3.8, 4) is 0 Å². The second-order valence-electron chi connectivity index (χ2n) is 7.56. The molecule has 0 amide bonds. The van der Waals surface area contributed by atoms with Gasteiger partial charge in [-0.3, -0.25) is 0 Å². The van der Waals surface area contributed by atoms with Gasteiger partial charge in [-0.25, -0.2) is 0 Å². The van der Waals surface area contributed by atoms with Gasteiger partial charge in [-0.1, -0.05) is 91.0 Å². The third kappa shape index (κ3) is 2.90. The van der Waals surface area contributed by atoms with E-state index in [2.05, 4.69) is 91.0 Å². The highest BCUT2D eigenvalue weighted by molar-refractivity contribution is 5.52. The van der Waals surface area contributed by atoms with Gasteiger partial charge in [-0.15, -0.1) is 0 Å². The van der Waals surface area contributed by atoms with Crippen LogP contribution < -0.4 is 0 Å². The summed E-state index contributed by atoms with van der Waals surface area (Å²) in [5.41, 5.74) is 3.18. The van der Waals surface area contributed by atoms with Crippen molar-refractivity contribution in [2.45, 2.75) is 23.9 Å². The van der Waals surface area contributed by atoms with Crippen molar-refractivity contribution >= 4 is 0 Å². The zero-order chi connectivity index (χ0) is 18.7. The average Bonchev–Trinajstić information content (AvgIpc) is 2.73. The summed E-state index contributed by atoms with van der Waals surface area (Å²) in [6.45, 7) is 0.0639. The summed E-state index contributed by atoms with van der Waals surface area (Å²) < 4.78 is 5.71. The number of rotatable bonds is 6. The van der Waals surface area contributed by atoms with Crippen LogP contribution in [0.1, 0.15) is 29.5 Å². The fraction of sp³-hybridized carbons (Fsp3) is 0.280. The molecule has 0 atom stereocenters. The average molecular weight is 358 g/mol. The predicted molar refractivity (Wildman–Crippen MR) is 109 cm³/mol. The molecule has 2 heteroatoms. The molecule has 3 aromatic rings. The van der Waals surface area contributed by atoms with Crippen LogP contribution in [0.15, 0.2) is 91.0 Å². The van der Waals surface area contributed by atoms with Gasteiger partial charge in [-0.05, 0) is 35.4 Å². The van der Waals surface area contributed by atoms with E-state index in [0.29, 0.717) is 5.92 Å². The number of hydrogen-bond acceptors (Lipinski definition) is 2. The second kappa shape index (κ2) is 7.30. The van der Waals surface area contributed by atoms with Crippen molar-refractivity contribution in [1.29, 1.82) is 0 Å². The lowest BCUT2D eigenvalue weighted by atomic mass is 9.52. The van der Waals surface area contributed by atoms with Crippen LogP contribution in [-0.4, -0.2) is 24.4 Å². The number of ether oxygens (including phenoxy) is 1. The molecule has 3 aromatic carbocycles. The van der Waals surface area contributed by atoms with E-state index in [1.807, 2.05) is 0 Å². The lowest BCUT2D eigenvalue weighted by molar-refractivity contribution is -0.143. The topological polar surface area (TPSA) is 29.5 Å². The first kappa shape index (κ1) is 18.0. The molecule has 1 N–H and O–H groups in total. The zero-order valence-electron chi connectivity index (χ0n) is 15.7. The highest BCUT2D eigenvalue weighted by atomic mass is 16.5. The maximum atomic E-state index is 9.91. The molecule has 0 spiro atoms. The predicted octanol–water partition coefficient (Wildman–Crippen LogP) is 4.81. The van der Waals surface area contributed by atoms with Crippen molar-refractivity contribution < 1.29 is 9.84 Å². The van der Waals surface area contributed by atoms with Crippen LogP contribution in [0.3, 0.4) is 0 Å². The number of hydrogen-bond donors (Lipinski definition) is 1. The molecule has 0 aromatic heterocycles. The Morgan fingerprint density at radius 2 is 1.15 bits per heavy atom. The summed E-state index contributed by atoms with van der Waals surface area (Å²) in [7, 11) is 1.71. The maximum absolute atomic E-state index is 9.91. The fourth-order valence-corrected chi connectivity index (χ4v) is 4.82. The summed E-state index contributed by atoms with van der Waals surface area (Å²) in [5.74, 6) is 0.344.